The van der Waals surface area contributed by atoms with Crippen LogP contribution in [0.2, 0.25) is 0 Å². The summed E-state index contributed by atoms with van der Waals surface area (Å²) in [6.45, 7) is 5.23. The van der Waals surface area contributed by atoms with Crippen LogP contribution < -0.4 is 5.32 Å². The zero-order valence-electron chi connectivity index (χ0n) is 10.9. The van der Waals surface area contributed by atoms with Gasteiger partial charge in [-0.05, 0) is 19.2 Å². The highest BCUT2D eigenvalue weighted by atomic mass is 16.1. The third-order valence-corrected chi connectivity index (χ3v) is 0.801. The lowest BCUT2D eigenvalue weighted by molar-refractivity contribution is -0.119. The molecule has 2 nitrogen and oxygen atoms in total. The van der Waals surface area contributed by atoms with Gasteiger partial charge in [0.25, 0.3) is 0 Å². The number of nitrogens with one attached hydrogen (secondary N) is 1. The van der Waals surface area contributed by atoms with Crippen molar-refractivity contribution in [1.82, 2.24) is 5.32 Å². The second kappa shape index (κ2) is 4.31. The minimum atomic E-state index is -2.13. The lowest BCUT2D eigenvalue weighted by Gasteiger charge is -2.13. The Labute approximate surface area is 68.6 Å². The highest BCUT2D eigenvalue weighted by Crippen LogP contribution is 2.02. The molecule has 0 aliphatic heterocycles. The molecule has 2 heteroatoms. The van der Waals surface area contributed by atoms with E-state index in [0.29, 0.717) is 0 Å². The van der Waals surface area contributed by atoms with Crippen LogP contribution in [0.1, 0.15) is 39.6 Å². The van der Waals surface area contributed by atoms with E-state index in [4.69, 9.17) is 5.48 Å². The largest absolute Gasteiger partial charge is 0.354 e. The molecule has 0 fully saturated rings. The van der Waals surface area contributed by atoms with Crippen LogP contribution >= 0.6 is 0 Å². The van der Waals surface area contributed by atoms with Crippen LogP contribution in [0, 0.1) is 5.89 Å². The fourth-order valence-electron chi connectivity index (χ4n) is 0.670. The Kier molecular flexibility index (Phi) is 1.88. The summed E-state index contributed by atoms with van der Waals surface area (Å²) in [7, 11) is 0. The van der Waals surface area contributed by atoms with E-state index in [9.17, 15) is 4.79 Å². The number of carbonyl (C=O) groups is 1. The second-order valence-electron chi connectivity index (χ2n) is 2.43. The molecule has 0 aromatic heterocycles. The van der Waals surface area contributed by atoms with E-state index >= 15 is 0 Å². The molecule has 0 saturated heterocycles. The number of hydrogen-bond donors (Lipinski definition) is 1. The minimum Gasteiger partial charge on any atom is -0.354 e. The first-order valence-electron chi connectivity index (χ1n) is 5.20. The number of rotatable bonds is 3. The van der Waals surface area contributed by atoms with Crippen LogP contribution in [0.4, 0.5) is 0 Å². The summed E-state index contributed by atoms with van der Waals surface area (Å²) < 4.78 is 30.6. The van der Waals surface area contributed by atoms with E-state index in [2.05, 4.69) is 5.32 Å². The summed E-state index contributed by atoms with van der Waals surface area (Å²) in [5.41, 5.74) is 0. The van der Waals surface area contributed by atoms with E-state index in [1.165, 1.54) is 27.7 Å². The average Bonchev–Trinajstić information content (AvgIpc) is 1.80. The third-order valence-electron chi connectivity index (χ3n) is 0.801. The first kappa shape index (κ1) is 4.37. The smallest absolute Gasteiger partial charge is 0.217 e. The molecule has 0 radical (unpaired) electrons. The van der Waals surface area contributed by atoms with Crippen molar-refractivity contribution >= 4 is 5.91 Å². The van der Waals surface area contributed by atoms with Crippen molar-refractivity contribution in [3.8, 4) is 0 Å². The summed E-state index contributed by atoms with van der Waals surface area (Å²) in [6, 6.07) is -1.80. The Hall–Kier alpha value is -0.530. The first-order chi connectivity index (χ1) is 5.92. The van der Waals surface area contributed by atoms with Crippen molar-refractivity contribution in [2.45, 2.75) is 40.1 Å². The zero-order valence-corrected chi connectivity index (χ0v) is 6.91. The third kappa shape index (κ3) is 5.60. The van der Waals surface area contributed by atoms with Crippen molar-refractivity contribution < 1.29 is 10.3 Å². The molecule has 10 heavy (non-hydrogen) atoms. The van der Waals surface area contributed by atoms with Crippen LogP contribution in [0.3, 0.4) is 0 Å². The minimum absolute atomic E-state index is 0.476. The number of amides is 1. The Balaban J connectivity index is 4.97. The molecule has 0 spiro atoms. The summed E-state index contributed by atoms with van der Waals surface area (Å²) in [6.07, 6.45) is -2.13. The molecule has 0 aliphatic rings. The molecule has 1 N–H and O–H groups in total. The van der Waals surface area contributed by atoms with Crippen molar-refractivity contribution in [3.05, 3.63) is 0 Å². The van der Waals surface area contributed by atoms with Crippen LogP contribution in [0.5, 0.6) is 0 Å². The van der Waals surface area contributed by atoms with Gasteiger partial charge in [-0.3, -0.25) is 4.79 Å². The van der Waals surface area contributed by atoms with Gasteiger partial charge in [0.1, 0.15) is 0 Å². The van der Waals surface area contributed by atoms with Gasteiger partial charge in [-0.15, -0.1) is 0 Å². The van der Waals surface area contributed by atoms with Crippen molar-refractivity contribution in [2.75, 3.05) is 0 Å². The molecule has 0 aromatic carbocycles. The molecule has 0 heterocycles. The Morgan fingerprint density at radius 2 is 2.20 bits per heavy atom. The predicted molar refractivity (Wildman–Crippen MR) is 42.7 cm³/mol. The molecular formula is C8H17NO. The molecule has 0 saturated carbocycles. The molecule has 1 atom stereocenters. The highest BCUT2D eigenvalue weighted by Gasteiger charge is 2.04. The second-order valence-corrected chi connectivity index (χ2v) is 2.43. The van der Waals surface area contributed by atoms with E-state index < -0.39 is 24.2 Å². The molecule has 0 aliphatic carbocycles. The summed E-state index contributed by atoms with van der Waals surface area (Å²) in [5, 5.41) is 2.20. The molecule has 60 valence electrons. The normalized spacial score (nSPS) is 24.8. The first-order valence-corrected chi connectivity index (χ1v) is 3.20. The fraction of sp³-hybridized carbons (Fsp3) is 0.875. The maximum atomic E-state index is 10.8. The summed E-state index contributed by atoms with van der Waals surface area (Å²) >= 11 is 0. The summed E-state index contributed by atoms with van der Waals surface area (Å²) in [5.74, 6) is -1.93. The Morgan fingerprint density at radius 1 is 1.70 bits per heavy atom. The lowest BCUT2D eigenvalue weighted by Crippen LogP contribution is -2.31. The molecule has 0 aromatic rings. The van der Waals surface area contributed by atoms with Gasteiger partial charge in [-0.2, -0.15) is 0 Å². The molecule has 0 bridgehead atoms. The van der Waals surface area contributed by atoms with Gasteiger partial charge in [-0.1, -0.05) is 13.8 Å². The topological polar surface area (TPSA) is 29.1 Å². The Bertz CT molecular complexity index is 232. The highest BCUT2D eigenvalue weighted by molar-refractivity contribution is 5.73. The van der Waals surface area contributed by atoms with Gasteiger partial charge in [0.05, 0.1) is 1.37 Å². The van der Waals surface area contributed by atoms with E-state index in [1.807, 2.05) is 0 Å². The number of carbonyl (C=O) groups excluding carboxylic acids is 1. The maximum Gasteiger partial charge on any atom is 0.217 e. The van der Waals surface area contributed by atoms with Crippen LogP contribution in [0.15, 0.2) is 0 Å². The van der Waals surface area contributed by atoms with Gasteiger partial charge in [0.2, 0.25) is 5.91 Å². The van der Waals surface area contributed by atoms with Crippen LogP contribution in [-0.2, 0) is 4.79 Å². The monoisotopic (exact) mass is 147 g/mol. The SMILES string of the molecule is [2H]C(C)(C)C([2H])([2H])C([2H])(C)NC(C)=O. The standard InChI is InChI=1S/C8H17NO/c1-6(2)5-7(3)9-8(4)10/h6-7H,5H2,1-4H3,(H,9,10)/i5D2,6D,7D. The van der Waals surface area contributed by atoms with E-state index in [0.717, 1.165) is 0 Å². The van der Waals surface area contributed by atoms with Crippen molar-refractivity contribution in [3.63, 3.8) is 0 Å². The molecule has 0 rings (SSSR count). The maximum absolute atomic E-state index is 10.8. The molecule has 1 amide bonds. The average molecular weight is 147 g/mol. The molecule has 1 unspecified atom stereocenters. The van der Waals surface area contributed by atoms with E-state index in [1.54, 1.807) is 0 Å². The fourth-order valence-corrected chi connectivity index (χ4v) is 0.670. The molecular weight excluding hydrogens is 126 g/mol. The quantitative estimate of drug-likeness (QED) is 0.645. The van der Waals surface area contributed by atoms with Gasteiger partial charge >= 0.3 is 0 Å². The van der Waals surface area contributed by atoms with Gasteiger partial charge in [0, 0.05) is 17.1 Å². The van der Waals surface area contributed by atoms with Gasteiger partial charge in [0.15, 0.2) is 0 Å². The summed E-state index contributed by atoms with van der Waals surface area (Å²) in [4.78, 5) is 10.8. The van der Waals surface area contributed by atoms with E-state index in [-0.39, 0.29) is 0 Å². The zero-order chi connectivity index (χ0) is 11.8. The van der Waals surface area contributed by atoms with Gasteiger partial charge in [-0.25, -0.2) is 0 Å². The van der Waals surface area contributed by atoms with Crippen molar-refractivity contribution in [2.24, 2.45) is 5.89 Å². The number of hydrogen-bond acceptors (Lipinski definition) is 1. The lowest BCUT2D eigenvalue weighted by atomic mass is 10.1. The van der Waals surface area contributed by atoms with Crippen LogP contribution in [0.25, 0.3) is 0 Å². The predicted octanol–water partition coefficient (Wildman–Crippen LogP) is 1.56. The van der Waals surface area contributed by atoms with Crippen LogP contribution in [-0.4, -0.2) is 11.9 Å². The van der Waals surface area contributed by atoms with Crippen molar-refractivity contribution in [1.29, 1.82) is 0 Å². The Morgan fingerprint density at radius 3 is 2.50 bits per heavy atom. The van der Waals surface area contributed by atoms with Gasteiger partial charge < -0.3 is 5.32 Å².